The number of carbonyl (C=O) groups is 1. The molecule has 2 aromatic rings. The molecular formula is C24H32N2O4. The summed E-state index contributed by atoms with van der Waals surface area (Å²) < 4.78 is 11.3. The minimum Gasteiger partial charge on any atom is -0.507 e. The molecule has 0 fully saturated rings. The van der Waals surface area contributed by atoms with Gasteiger partial charge >= 0.3 is 0 Å². The highest BCUT2D eigenvalue weighted by molar-refractivity contribution is 5.97. The molecule has 30 heavy (non-hydrogen) atoms. The number of rotatable bonds is 13. The van der Waals surface area contributed by atoms with Crippen molar-refractivity contribution >= 4 is 12.1 Å². The largest absolute Gasteiger partial charge is 0.507 e. The summed E-state index contributed by atoms with van der Waals surface area (Å²) in [5, 5.41) is 13.7. The molecule has 2 N–H and O–H groups in total. The van der Waals surface area contributed by atoms with Gasteiger partial charge < -0.3 is 14.6 Å². The van der Waals surface area contributed by atoms with Gasteiger partial charge in [0.15, 0.2) is 11.5 Å². The number of hydrogen-bond donors (Lipinski definition) is 2. The van der Waals surface area contributed by atoms with E-state index in [4.69, 9.17) is 9.47 Å². The molecule has 6 nitrogen and oxygen atoms in total. The predicted octanol–water partition coefficient (Wildman–Crippen LogP) is 5.29. The minimum absolute atomic E-state index is 0.0886. The van der Waals surface area contributed by atoms with Crippen LogP contribution in [0.25, 0.3) is 0 Å². The summed E-state index contributed by atoms with van der Waals surface area (Å²) in [5.74, 6) is 0.744. The van der Waals surface area contributed by atoms with Crippen LogP contribution in [0.4, 0.5) is 0 Å². The second kappa shape index (κ2) is 13.2. The Morgan fingerprint density at radius 2 is 1.77 bits per heavy atom. The van der Waals surface area contributed by atoms with Gasteiger partial charge in [-0.25, -0.2) is 5.43 Å². The number of benzene rings is 2. The van der Waals surface area contributed by atoms with E-state index in [0.29, 0.717) is 18.1 Å². The third kappa shape index (κ3) is 7.78. The van der Waals surface area contributed by atoms with Crippen LogP contribution in [0, 0.1) is 0 Å². The predicted molar refractivity (Wildman–Crippen MR) is 120 cm³/mol. The van der Waals surface area contributed by atoms with Crippen molar-refractivity contribution in [3.63, 3.8) is 0 Å². The number of hydrogen-bond acceptors (Lipinski definition) is 5. The summed E-state index contributed by atoms with van der Waals surface area (Å²) in [6.45, 7) is 2.89. The van der Waals surface area contributed by atoms with Gasteiger partial charge in [-0.3, -0.25) is 4.79 Å². The van der Waals surface area contributed by atoms with Gasteiger partial charge in [0.05, 0.1) is 25.5 Å². The molecule has 2 aromatic carbocycles. The number of hydrazone groups is 1. The van der Waals surface area contributed by atoms with Crippen molar-refractivity contribution < 1.29 is 19.4 Å². The molecule has 162 valence electrons. The lowest BCUT2D eigenvalue weighted by molar-refractivity contribution is 0.0952. The van der Waals surface area contributed by atoms with Gasteiger partial charge in [0.25, 0.3) is 5.91 Å². The molecule has 0 heterocycles. The number of aromatic hydroxyl groups is 1. The summed E-state index contributed by atoms with van der Waals surface area (Å²) >= 11 is 0. The lowest BCUT2D eigenvalue weighted by Crippen LogP contribution is -2.17. The first-order valence-electron chi connectivity index (χ1n) is 10.6. The maximum Gasteiger partial charge on any atom is 0.275 e. The average Bonchev–Trinajstić information content (AvgIpc) is 2.76. The van der Waals surface area contributed by atoms with Crippen LogP contribution in [0.1, 0.15) is 67.8 Å². The van der Waals surface area contributed by atoms with Crippen LogP contribution in [0.3, 0.4) is 0 Å². The summed E-state index contributed by atoms with van der Waals surface area (Å²) in [6, 6.07) is 11.8. The maximum absolute atomic E-state index is 12.0. The quantitative estimate of drug-likeness (QED) is 0.266. The number of phenols is 1. The number of nitrogens with one attached hydrogen (secondary N) is 1. The molecule has 0 radical (unpaired) electrons. The summed E-state index contributed by atoms with van der Waals surface area (Å²) in [6.07, 6.45) is 10.2. The first kappa shape index (κ1) is 23.3. The van der Waals surface area contributed by atoms with E-state index in [2.05, 4.69) is 17.5 Å². The van der Waals surface area contributed by atoms with Crippen molar-refractivity contribution in [2.24, 2.45) is 5.10 Å². The second-order valence-corrected chi connectivity index (χ2v) is 7.10. The number of carbonyl (C=O) groups excluding carboxylic acids is 1. The third-order valence-electron chi connectivity index (χ3n) is 4.72. The standard InChI is InChI=1S/C24H32N2O4/c1-3-4-5-6-7-8-11-16-30-22-15-14-19(17-23(22)29-2)18-25-26-24(28)20-12-9-10-13-21(20)27/h9-10,12-15,17-18,27H,3-8,11,16H2,1-2H3,(H,26,28)/b25-18-. The Morgan fingerprint density at radius 3 is 2.50 bits per heavy atom. The number of phenolic OH excluding ortho intramolecular Hbond substituents is 1. The molecule has 0 aliphatic rings. The Kier molecular flexibility index (Phi) is 10.3. The van der Waals surface area contributed by atoms with Crippen LogP contribution < -0.4 is 14.9 Å². The van der Waals surface area contributed by atoms with Crippen LogP contribution in [0.15, 0.2) is 47.6 Å². The summed E-state index contributed by atoms with van der Waals surface area (Å²) in [7, 11) is 1.59. The number of para-hydroxylation sites is 1. The highest BCUT2D eigenvalue weighted by Gasteiger charge is 2.09. The molecule has 0 aliphatic carbocycles. The highest BCUT2D eigenvalue weighted by Crippen LogP contribution is 2.28. The topological polar surface area (TPSA) is 80.2 Å². The van der Waals surface area contributed by atoms with Crippen LogP contribution in [-0.2, 0) is 0 Å². The van der Waals surface area contributed by atoms with Gasteiger partial charge in [-0.05, 0) is 42.3 Å². The fraction of sp³-hybridized carbons (Fsp3) is 0.417. The van der Waals surface area contributed by atoms with Gasteiger partial charge in [0.2, 0.25) is 0 Å². The van der Waals surface area contributed by atoms with Gasteiger partial charge in [0, 0.05) is 0 Å². The first-order chi connectivity index (χ1) is 14.7. The number of unbranched alkanes of at least 4 members (excludes halogenated alkanes) is 6. The zero-order valence-electron chi connectivity index (χ0n) is 17.9. The molecule has 0 atom stereocenters. The lowest BCUT2D eigenvalue weighted by Gasteiger charge is -2.11. The van der Waals surface area contributed by atoms with Crippen molar-refractivity contribution in [2.75, 3.05) is 13.7 Å². The molecule has 0 bridgehead atoms. The zero-order chi connectivity index (χ0) is 21.6. The molecule has 0 saturated carbocycles. The average molecular weight is 413 g/mol. The van der Waals surface area contributed by atoms with Gasteiger partial charge in [-0.15, -0.1) is 0 Å². The van der Waals surface area contributed by atoms with Crippen molar-refractivity contribution in [3.8, 4) is 17.2 Å². The smallest absolute Gasteiger partial charge is 0.275 e. The number of nitrogens with zero attached hydrogens (tertiary/aromatic N) is 1. The molecule has 6 heteroatoms. The van der Waals surface area contributed by atoms with E-state index in [-0.39, 0.29) is 11.3 Å². The van der Waals surface area contributed by atoms with Crippen LogP contribution in [0.2, 0.25) is 0 Å². The number of ether oxygens (including phenoxy) is 2. The molecule has 0 spiro atoms. The molecule has 1 amide bonds. The van der Waals surface area contributed by atoms with Gasteiger partial charge in [-0.2, -0.15) is 5.10 Å². The Morgan fingerprint density at radius 1 is 1.03 bits per heavy atom. The Bertz CT molecular complexity index is 821. The maximum atomic E-state index is 12.0. The molecule has 0 aliphatic heterocycles. The van der Waals surface area contributed by atoms with Crippen molar-refractivity contribution in [3.05, 3.63) is 53.6 Å². The van der Waals surface area contributed by atoms with E-state index < -0.39 is 5.91 Å². The van der Waals surface area contributed by atoms with E-state index >= 15 is 0 Å². The normalized spacial score (nSPS) is 10.9. The number of amides is 1. The second-order valence-electron chi connectivity index (χ2n) is 7.10. The molecule has 2 rings (SSSR count). The molecule has 0 unspecified atom stereocenters. The molecule has 0 saturated heterocycles. The minimum atomic E-state index is -0.481. The lowest BCUT2D eigenvalue weighted by atomic mass is 10.1. The van der Waals surface area contributed by atoms with Gasteiger partial charge in [-0.1, -0.05) is 57.6 Å². The van der Waals surface area contributed by atoms with E-state index in [0.717, 1.165) is 12.0 Å². The van der Waals surface area contributed by atoms with Gasteiger partial charge in [0.1, 0.15) is 5.75 Å². The zero-order valence-corrected chi connectivity index (χ0v) is 17.9. The molecule has 0 aromatic heterocycles. The van der Waals surface area contributed by atoms with E-state index in [9.17, 15) is 9.90 Å². The van der Waals surface area contributed by atoms with Crippen molar-refractivity contribution in [1.29, 1.82) is 0 Å². The Balaban J connectivity index is 1.81. The van der Waals surface area contributed by atoms with Crippen LogP contribution in [-0.4, -0.2) is 30.9 Å². The fourth-order valence-corrected chi connectivity index (χ4v) is 3.02. The third-order valence-corrected chi connectivity index (χ3v) is 4.72. The monoisotopic (exact) mass is 412 g/mol. The van der Waals surface area contributed by atoms with Crippen LogP contribution in [0.5, 0.6) is 17.2 Å². The van der Waals surface area contributed by atoms with E-state index in [1.165, 1.54) is 56.9 Å². The van der Waals surface area contributed by atoms with E-state index in [1.54, 1.807) is 25.3 Å². The fourth-order valence-electron chi connectivity index (χ4n) is 3.02. The Hall–Kier alpha value is -3.02. The Labute approximate surface area is 178 Å². The van der Waals surface area contributed by atoms with E-state index in [1.807, 2.05) is 12.1 Å². The van der Waals surface area contributed by atoms with Crippen LogP contribution >= 0.6 is 0 Å². The SMILES string of the molecule is CCCCCCCCCOc1ccc(/C=N\NC(=O)c2ccccc2O)cc1OC. The van der Waals surface area contributed by atoms with Crippen molar-refractivity contribution in [1.82, 2.24) is 5.43 Å². The summed E-state index contributed by atoms with van der Waals surface area (Å²) in [4.78, 5) is 12.0. The highest BCUT2D eigenvalue weighted by atomic mass is 16.5. The first-order valence-corrected chi connectivity index (χ1v) is 10.6. The molecular weight excluding hydrogens is 380 g/mol. The summed E-state index contributed by atoms with van der Waals surface area (Å²) in [5.41, 5.74) is 3.33. The number of methoxy groups -OCH3 is 1. The van der Waals surface area contributed by atoms with Crippen molar-refractivity contribution in [2.45, 2.75) is 51.9 Å².